The summed E-state index contributed by atoms with van der Waals surface area (Å²) in [5.41, 5.74) is 2.80. The third-order valence-corrected chi connectivity index (χ3v) is 6.56. The normalized spacial score (nSPS) is 13.2. The molecule has 0 fully saturated rings. The molecule has 14 heteroatoms. The van der Waals surface area contributed by atoms with Crippen LogP contribution in [0.5, 0.6) is 0 Å². The maximum Gasteiger partial charge on any atom is 0.408 e. The molecule has 0 spiro atoms. The van der Waals surface area contributed by atoms with Gasteiger partial charge in [0, 0.05) is 24.2 Å². The molecule has 4 N–H and O–H groups in total. The van der Waals surface area contributed by atoms with E-state index in [1.807, 2.05) is 42.2 Å². The summed E-state index contributed by atoms with van der Waals surface area (Å²) >= 11 is 1.52. The molecule has 1 aromatic heterocycles. The van der Waals surface area contributed by atoms with E-state index in [-0.39, 0.29) is 26.4 Å². The van der Waals surface area contributed by atoms with Crippen LogP contribution in [0.2, 0.25) is 0 Å². The maximum atomic E-state index is 9.33. The zero-order valence-electron chi connectivity index (χ0n) is 24.0. The van der Waals surface area contributed by atoms with E-state index in [0.717, 1.165) is 22.1 Å². The van der Waals surface area contributed by atoms with Gasteiger partial charge in [-0.25, -0.2) is 4.57 Å². The van der Waals surface area contributed by atoms with Crippen LogP contribution in [0.15, 0.2) is 40.0 Å². The zero-order chi connectivity index (χ0) is 29.7. The first-order valence-electron chi connectivity index (χ1n) is 13.6. The third-order valence-electron chi connectivity index (χ3n) is 5.72. The molecule has 0 amide bonds. The van der Waals surface area contributed by atoms with Gasteiger partial charge in [-0.05, 0) is 47.1 Å². The lowest BCUT2D eigenvalue weighted by Crippen LogP contribution is -2.31. The standard InChI is InChI=1S/C27H45N4O9S/c1-22-17-23(3-4-26(22)28-29-27-30(2)7-16-41-27)31(6-9-37-12-14-39-20-24(34)18-32)5-8-36-10-11-38-13-15-40-21-25(35)19-33/h3-4,7,16-17,24-25,32-35H,5-6,8-15,18-21H2,1-2H3/q+1. The molecule has 1 aromatic carbocycles. The van der Waals surface area contributed by atoms with Gasteiger partial charge in [0.1, 0.15) is 24.1 Å². The Morgan fingerprint density at radius 3 is 1.83 bits per heavy atom. The lowest BCUT2D eigenvalue weighted by molar-refractivity contribution is -0.654. The van der Waals surface area contributed by atoms with Crippen molar-refractivity contribution in [1.82, 2.24) is 0 Å². The lowest BCUT2D eigenvalue weighted by Gasteiger charge is -2.25. The van der Waals surface area contributed by atoms with E-state index in [4.69, 9.17) is 33.9 Å². The quantitative estimate of drug-likeness (QED) is 0.0774. The minimum Gasteiger partial charge on any atom is -0.394 e. The number of ether oxygens (including phenoxy) is 5. The zero-order valence-corrected chi connectivity index (χ0v) is 24.8. The van der Waals surface area contributed by atoms with E-state index >= 15 is 0 Å². The predicted octanol–water partition coefficient (Wildman–Crippen LogP) is 0.892. The highest BCUT2D eigenvalue weighted by Crippen LogP contribution is 2.27. The number of anilines is 1. The SMILES string of the molecule is Cc1cc(N(CCOCCOCCOCC(O)CO)CCOCCOCC(O)CO)ccc1N=Nc1scc[n+]1C. The molecule has 0 bridgehead atoms. The molecular weight excluding hydrogens is 556 g/mol. The van der Waals surface area contributed by atoms with Gasteiger partial charge in [-0.2, -0.15) is 0 Å². The van der Waals surface area contributed by atoms with Gasteiger partial charge < -0.3 is 49.0 Å². The summed E-state index contributed by atoms with van der Waals surface area (Å²) in [7, 11) is 1.93. The van der Waals surface area contributed by atoms with E-state index in [1.54, 1.807) is 0 Å². The highest BCUT2D eigenvalue weighted by molar-refractivity contribution is 7.12. The van der Waals surface area contributed by atoms with E-state index in [9.17, 15) is 10.2 Å². The Bertz CT molecular complexity index is 982. The van der Waals surface area contributed by atoms with Gasteiger partial charge in [-0.3, -0.25) is 0 Å². The van der Waals surface area contributed by atoms with Crippen molar-refractivity contribution in [3.63, 3.8) is 0 Å². The van der Waals surface area contributed by atoms with Crippen molar-refractivity contribution in [2.45, 2.75) is 19.1 Å². The lowest BCUT2D eigenvalue weighted by atomic mass is 10.1. The van der Waals surface area contributed by atoms with Crippen molar-refractivity contribution in [2.75, 3.05) is 97.3 Å². The summed E-state index contributed by atoms with van der Waals surface area (Å²) in [6, 6.07) is 6.03. The molecule has 0 aliphatic carbocycles. The van der Waals surface area contributed by atoms with Crippen molar-refractivity contribution in [2.24, 2.45) is 17.3 Å². The largest absolute Gasteiger partial charge is 0.408 e. The number of thiazole rings is 1. The van der Waals surface area contributed by atoms with Crippen molar-refractivity contribution in [1.29, 1.82) is 0 Å². The molecule has 232 valence electrons. The molecule has 2 aromatic rings. The Morgan fingerprint density at radius 2 is 1.34 bits per heavy atom. The number of aliphatic hydroxyl groups is 4. The summed E-state index contributed by atoms with van der Waals surface area (Å²) in [6.45, 7) is 5.96. The second kappa shape index (κ2) is 21.6. The Morgan fingerprint density at radius 1 is 0.805 bits per heavy atom. The Kier molecular flexibility index (Phi) is 18.5. The molecule has 0 aliphatic rings. The molecule has 41 heavy (non-hydrogen) atoms. The number of azo groups is 1. The van der Waals surface area contributed by atoms with Gasteiger partial charge in [0.05, 0.1) is 91.4 Å². The van der Waals surface area contributed by atoms with Gasteiger partial charge in [0.15, 0.2) is 0 Å². The van der Waals surface area contributed by atoms with Crippen LogP contribution < -0.4 is 9.47 Å². The molecule has 13 nitrogen and oxygen atoms in total. The molecular formula is C27H45N4O9S+. The highest BCUT2D eigenvalue weighted by Gasteiger charge is 2.12. The van der Waals surface area contributed by atoms with Crippen LogP contribution in [-0.2, 0) is 30.7 Å². The first kappa shape index (κ1) is 35.1. The average molecular weight is 602 g/mol. The summed E-state index contributed by atoms with van der Waals surface area (Å²) in [6.07, 6.45) is 0.189. The van der Waals surface area contributed by atoms with E-state index < -0.39 is 12.2 Å². The fourth-order valence-electron chi connectivity index (χ4n) is 3.39. The summed E-state index contributed by atoms with van der Waals surface area (Å²) < 4.78 is 29.4. The number of rotatable bonds is 24. The summed E-state index contributed by atoms with van der Waals surface area (Å²) in [5, 5.41) is 47.7. The second-order valence-electron chi connectivity index (χ2n) is 9.11. The smallest absolute Gasteiger partial charge is 0.394 e. The number of aliphatic hydroxyl groups excluding tert-OH is 4. The first-order chi connectivity index (χ1) is 19.9. The molecule has 0 radical (unpaired) electrons. The maximum absolute atomic E-state index is 9.33. The summed E-state index contributed by atoms with van der Waals surface area (Å²) in [5.74, 6) is 0. The van der Waals surface area contributed by atoms with Crippen LogP contribution in [-0.4, -0.2) is 125 Å². The van der Waals surface area contributed by atoms with Crippen LogP contribution in [0.1, 0.15) is 5.56 Å². The van der Waals surface area contributed by atoms with Crippen LogP contribution in [0.3, 0.4) is 0 Å². The monoisotopic (exact) mass is 601 g/mol. The number of aryl methyl sites for hydroxylation is 2. The fourth-order valence-corrected chi connectivity index (χ4v) is 4.07. The first-order valence-corrected chi connectivity index (χ1v) is 14.5. The summed E-state index contributed by atoms with van der Waals surface area (Å²) in [4.78, 5) is 2.17. The average Bonchev–Trinajstić information content (AvgIpc) is 3.39. The fraction of sp³-hybridized carbons (Fsp3) is 0.667. The number of hydrogen-bond donors (Lipinski definition) is 4. The Hall–Kier alpha value is -2.11. The topological polar surface area (TPSA) is 159 Å². The van der Waals surface area contributed by atoms with Gasteiger partial charge in [0.25, 0.3) is 0 Å². The highest BCUT2D eigenvalue weighted by atomic mass is 32.1. The van der Waals surface area contributed by atoms with Crippen molar-refractivity contribution in [3.05, 3.63) is 35.3 Å². The number of benzene rings is 1. The molecule has 2 atom stereocenters. The van der Waals surface area contributed by atoms with Crippen LogP contribution in [0.4, 0.5) is 16.5 Å². The van der Waals surface area contributed by atoms with Crippen LogP contribution in [0, 0.1) is 6.92 Å². The third kappa shape index (κ3) is 15.1. The Balaban J connectivity index is 1.81. The van der Waals surface area contributed by atoms with E-state index in [1.165, 1.54) is 11.3 Å². The van der Waals surface area contributed by atoms with Gasteiger partial charge >= 0.3 is 5.13 Å². The Labute approximate surface area is 245 Å². The van der Waals surface area contributed by atoms with Crippen LogP contribution >= 0.6 is 11.3 Å². The number of aromatic nitrogens is 1. The molecule has 0 aliphatic heterocycles. The predicted molar refractivity (Wildman–Crippen MR) is 153 cm³/mol. The van der Waals surface area contributed by atoms with Gasteiger partial charge in [-0.1, -0.05) is 0 Å². The van der Waals surface area contributed by atoms with E-state index in [0.29, 0.717) is 65.9 Å². The number of nitrogens with zero attached hydrogens (tertiary/aromatic N) is 4. The molecule has 0 saturated carbocycles. The minimum atomic E-state index is -0.881. The van der Waals surface area contributed by atoms with E-state index in [2.05, 4.69) is 21.2 Å². The van der Waals surface area contributed by atoms with Crippen molar-refractivity contribution >= 4 is 27.8 Å². The van der Waals surface area contributed by atoms with Gasteiger partial charge in [-0.15, -0.1) is 0 Å². The van der Waals surface area contributed by atoms with Crippen molar-refractivity contribution < 1.29 is 48.7 Å². The van der Waals surface area contributed by atoms with Gasteiger partial charge in [0.2, 0.25) is 0 Å². The molecule has 1 heterocycles. The molecule has 2 rings (SSSR count). The minimum absolute atomic E-state index is 0.0700. The van der Waals surface area contributed by atoms with Crippen molar-refractivity contribution in [3.8, 4) is 0 Å². The molecule has 2 unspecified atom stereocenters. The second-order valence-corrected chi connectivity index (χ2v) is 9.99. The van der Waals surface area contributed by atoms with Crippen LogP contribution in [0.25, 0.3) is 0 Å². The molecule has 0 saturated heterocycles. The number of hydrogen-bond acceptors (Lipinski definition) is 13.